The van der Waals surface area contributed by atoms with Crippen LogP contribution in [0.5, 0.6) is 0 Å². The lowest BCUT2D eigenvalue weighted by Crippen LogP contribution is -2.44. The van der Waals surface area contributed by atoms with Gasteiger partial charge in [0.1, 0.15) is 0 Å². The van der Waals surface area contributed by atoms with Crippen molar-refractivity contribution in [3.8, 4) is 0 Å². The Hall–Kier alpha value is -1.91. The highest BCUT2D eigenvalue weighted by Crippen LogP contribution is 2.27. The van der Waals surface area contributed by atoms with Crippen molar-refractivity contribution in [2.45, 2.75) is 63.3 Å². The Balaban J connectivity index is 1.23. The van der Waals surface area contributed by atoms with Gasteiger partial charge >= 0.3 is 0 Å². The van der Waals surface area contributed by atoms with E-state index in [-0.39, 0.29) is 5.91 Å². The number of benzene rings is 1. The number of rotatable bonds is 6. The minimum Gasteiger partial charge on any atom is -0.352 e. The van der Waals surface area contributed by atoms with Crippen LogP contribution < -0.4 is 5.32 Å². The zero-order chi connectivity index (χ0) is 20.8. The number of nitrogens with zero attached hydrogens (tertiary/aromatic N) is 2. The van der Waals surface area contributed by atoms with E-state index < -0.39 is 0 Å². The van der Waals surface area contributed by atoms with Crippen LogP contribution in [-0.4, -0.2) is 41.5 Å². The highest BCUT2D eigenvalue weighted by atomic mass is 35.5. The molecule has 0 unspecified atom stereocenters. The number of hydrogen-bond donors (Lipinski definition) is 1. The molecule has 1 saturated heterocycles. The molecule has 1 aromatic carbocycles. The van der Waals surface area contributed by atoms with E-state index in [9.17, 15) is 4.79 Å². The van der Waals surface area contributed by atoms with Gasteiger partial charge in [0, 0.05) is 28.9 Å². The first kappa shape index (κ1) is 21.3. The fourth-order valence-corrected chi connectivity index (χ4v) is 4.99. The molecule has 4 rings (SSSR count). The van der Waals surface area contributed by atoms with Crippen molar-refractivity contribution in [2.75, 3.05) is 19.6 Å². The van der Waals surface area contributed by atoms with E-state index in [0.717, 1.165) is 50.2 Å². The first-order chi connectivity index (χ1) is 14.7. The van der Waals surface area contributed by atoms with Crippen LogP contribution in [0.4, 0.5) is 0 Å². The number of nitrogens with one attached hydrogen (secondary N) is 1. The molecule has 0 atom stereocenters. The summed E-state index contributed by atoms with van der Waals surface area (Å²) in [5.41, 5.74) is 3.59. The third kappa shape index (κ3) is 6.05. The third-order valence-corrected chi connectivity index (χ3v) is 6.72. The second kappa shape index (κ2) is 10.4. The second-order valence-corrected chi connectivity index (χ2v) is 9.29. The number of amides is 1. The number of halogens is 1. The quantitative estimate of drug-likeness (QED) is 0.711. The Morgan fingerprint density at radius 2 is 1.83 bits per heavy atom. The number of carbonyl (C=O) groups is 1. The summed E-state index contributed by atoms with van der Waals surface area (Å²) in [5.74, 6) is 0.687. The monoisotopic (exact) mass is 425 g/mol. The van der Waals surface area contributed by atoms with E-state index in [4.69, 9.17) is 16.6 Å². The molecule has 0 radical (unpaired) electrons. The maximum absolute atomic E-state index is 12.4. The normalized spacial score (nSPS) is 19.0. The van der Waals surface area contributed by atoms with Crippen molar-refractivity contribution >= 4 is 17.5 Å². The van der Waals surface area contributed by atoms with Gasteiger partial charge in [0.15, 0.2) is 0 Å². The van der Waals surface area contributed by atoms with E-state index in [1.807, 2.05) is 24.4 Å². The first-order valence-electron chi connectivity index (χ1n) is 11.4. The number of piperidine rings is 1. The fourth-order valence-electron chi connectivity index (χ4n) is 4.77. The molecule has 160 valence electrons. The number of pyridine rings is 1. The summed E-state index contributed by atoms with van der Waals surface area (Å²) in [7, 11) is 0. The molecule has 5 heteroatoms. The molecule has 2 aliphatic rings. The van der Waals surface area contributed by atoms with Gasteiger partial charge in [-0.1, -0.05) is 49.1 Å². The van der Waals surface area contributed by atoms with Crippen LogP contribution in [0.2, 0.25) is 5.02 Å². The standard InChI is InChI=1S/C25H32ClN3O/c26-22-6-4-5-19(16-22)15-20-9-10-24(27-17-20)21-11-13-29(14-12-21)18-25(30)28-23-7-2-1-3-8-23/h4-6,9-10,16-17,21,23H,1-3,7-8,11-15,18H2,(H,28,30). The molecule has 0 bridgehead atoms. The Labute approximate surface area is 185 Å². The molecule has 2 fully saturated rings. The summed E-state index contributed by atoms with van der Waals surface area (Å²) in [6.45, 7) is 2.47. The van der Waals surface area contributed by atoms with Gasteiger partial charge in [-0.25, -0.2) is 0 Å². The predicted octanol–water partition coefficient (Wildman–Crippen LogP) is 4.95. The van der Waals surface area contributed by atoms with Crippen LogP contribution in [0.25, 0.3) is 0 Å². The lowest BCUT2D eigenvalue weighted by Gasteiger charge is -2.32. The molecule has 4 nitrogen and oxygen atoms in total. The average molecular weight is 426 g/mol. The van der Waals surface area contributed by atoms with E-state index in [0.29, 0.717) is 18.5 Å². The maximum atomic E-state index is 12.4. The lowest BCUT2D eigenvalue weighted by atomic mass is 9.92. The highest BCUT2D eigenvalue weighted by molar-refractivity contribution is 6.30. The van der Waals surface area contributed by atoms with Gasteiger partial charge in [-0.2, -0.15) is 0 Å². The molecular weight excluding hydrogens is 394 g/mol. The number of aromatic nitrogens is 1. The summed E-state index contributed by atoms with van der Waals surface area (Å²) in [6.07, 6.45) is 11.1. The van der Waals surface area contributed by atoms with E-state index in [1.54, 1.807) is 0 Å². The van der Waals surface area contributed by atoms with Crippen LogP contribution in [0.15, 0.2) is 42.6 Å². The Bertz CT molecular complexity index is 825. The Morgan fingerprint density at radius 3 is 2.53 bits per heavy atom. The van der Waals surface area contributed by atoms with Crippen molar-refractivity contribution in [3.63, 3.8) is 0 Å². The molecule has 1 aliphatic heterocycles. The maximum Gasteiger partial charge on any atom is 0.234 e. The molecule has 1 aromatic heterocycles. The lowest BCUT2D eigenvalue weighted by molar-refractivity contribution is -0.123. The molecule has 2 heterocycles. The predicted molar refractivity (Wildman–Crippen MR) is 122 cm³/mol. The third-order valence-electron chi connectivity index (χ3n) is 6.49. The van der Waals surface area contributed by atoms with Crippen LogP contribution in [0, 0.1) is 0 Å². The zero-order valence-corrected chi connectivity index (χ0v) is 18.4. The first-order valence-corrected chi connectivity index (χ1v) is 11.7. The van der Waals surface area contributed by atoms with Gasteiger partial charge in [-0.15, -0.1) is 0 Å². The average Bonchev–Trinajstić information content (AvgIpc) is 2.76. The second-order valence-electron chi connectivity index (χ2n) is 8.85. The minimum absolute atomic E-state index is 0.198. The summed E-state index contributed by atoms with van der Waals surface area (Å²) in [5, 5.41) is 4.01. The minimum atomic E-state index is 0.198. The van der Waals surface area contributed by atoms with Gasteiger partial charge in [-0.05, 0) is 74.5 Å². The van der Waals surface area contributed by atoms with Crippen molar-refractivity contribution in [1.82, 2.24) is 15.2 Å². The van der Waals surface area contributed by atoms with Crippen molar-refractivity contribution in [2.24, 2.45) is 0 Å². The van der Waals surface area contributed by atoms with E-state index in [1.165, 1.54) is 36.1 Å². The van der Waals surface area contributed by atoms with Crippen molar-refractivity contribution < 1.29 is 4.79 Å². The van der Waals surface area contributed by atoms with Gasteiger partial charge in [0.05, 0.1) is 6.54 Å². The highest BCUT2D eigenvalue weighted by Gasteiger charge is 2.24. The van der Waals surface area contributed by atoms with Crippen LogP contribution >= 0.6 is 11.6 Å². The number of carbonyl (C=O) groups excluding carboxylic acids is 1. The smallest absolute Gasteiger partial charge is 0.234 e. The number of likely N-dealkylation sites (tertiary alicyclic amines) is 1. The molecule has 30 heavy (non-hydrogen) atoms. The molecule has 1 N–H and O–H groups in total. The van der Waals surface area contributed by atoms with Crippen molar-refractivity contribution in [3.05, 3.63) is 64.4 Å². The van der Waals surface area contributed by atoms with Crippen LogP contribution in [0.3, 0.4) is 0 Å². The summed E-state index contributed by atoms with van der Waals surface area (Å²) in [4.78, 5) is 19.4. The molecule has 2 aromatic rings. The molecule has 1 saturated carbocycles. The van der Waals surface area contributed by atoms with E-state index in [2.05, 4.69) is 28.4 Å². The Morgan fingerprint density at radius 1 is 1.03 bits per heavy atom. The van der Waals surface area contributed by atoms with Crippen LogP contribution in [-0.2, 0) is 11.2 Å². The Kier molecular flexibility index (Phi) is 7.40. The summed E-state index contributed by atoms with van der Waals surface area (Å²) < 4.78 is 0. The summed E-state index contributed by atoms with van der Waals surface area (Å²) >= 11 is 6.09. The molecule has 1 aliphatic carbocycles. The van der Waals surface area contributed by atoms with Crippen molar-refractivity contribution in [1.29, 1.82) is 0 Å². The fraction of sp³-hybridized carbons (Fsp3) is 0.520. The topological polar surface area (TPSA) is 45.2 Å². The van der Waals surface area contributed by atoms with E-state index >= 15 is 0 Å². The van der Waals surface area contributed by atoms with Gasteiger partial charge in [-0.3, -0.25) is 14.7 Å². The van der Waals surface area contributed by atoms with Gasteiger partial charge in [0.25, 0.3) is 0 Å². The van der Waals surface area contributed by atoms with Gasteiger partial charge < -0.3 is 5.32 Å². The molecule has 0 spiro atoms. The molecule has 1 amide bonds. The van der Waals surface area contributed by atoms with Crippen LogP contribution in [0.1, 0.15) is 67.7 Å². The van der Waals surface area contributed by atoms with Gasteiger partial charge in [0.2, 0.25) is 5.91 Å². The molecular formula is C25H32ClN3O. The number of hydrogen-bond acceptors (Lipinski definition) is 3. The largest absolute Gasteiger partial charge is 0.352 e. The SMILES string of the molecule is O=C(CN1CCC(c2ccc(Cc3cccc(Cl)c3)cn2)CC1)NC1CCCCC1. The summed E-state index contributed by atoms with van der Waals surface area (Å²) in [6, 6.07) is 12.8. The zero-order valence-electron chi connectivity index (χ0n) is 17.7.